The van der Waals surface area contributed by atoms with E-state index in [-0.39, 0.29) is 22.8 Å². The number of sulfonamides is 1. The molecule has 24 heavy (non-hydrogen) atoms. The summed E-state index contributed by atoms with van der Waals surface area (Å²) in [4.78, 5) is 4.25. The van der Waals surface area contributed by atoms with E-state index in [2.05, 4.69) is 14.9 Å². The molecule has 0 unspecified atom stereocenters. The molecule has 2 aromatic heterocycles. The van der Waals surface area contributed by atoms with Crippen LogP contribution in [0.2, 0.25) is 0 Å². The maximum absolute atomic E-state index is 12.7. The summed E-state index contributed by atoms with van der Waals surface area (Å²) in [7, 11) is -3.74. The van der Waals surface area contributed by atoms with Crippen molar-refractivity contribution in [3.63, 3.8) is 0 Å². The molecule has 0 saturated carbocycles. The van der Waals surface area contributed by atoms with Crippen molar-refractivity contribution in [2.75, 3.05) is 13.2 Å². The van der Waals surface area contributed by atoms with Gasteiger partial charge in [-0.3, -0.25) is 0 Å². The van der Waals surface area contributed by atoms with Gasteiger partial charge >= 0.3 is 0 Å². The van der Waals surface area contributed by atoms with E-state index in [0.717, 1.165) is 5.69 Å². The van der Waals surface area contributed by atoms with Crippen molar-refractivity contribution in [3.8, 4) is 0 Å². The Morgan fingerprint density at radius 3 is 2.96 bits per heavy atom. The first-order chi connectivity index (χ1) is 11.5. The van der Waals surface area contributed by atoms with Gasteiger partial charge in [0.1, 0.15) is 10.6 Å². The van der Waals surface area contributed by atoms with E-state index in [0.29, 0.717) is 31.9 Å². The fourth-order valence-corrected chi connectivity index (χ4v) is 4.80. The number of hydrogen-bond acceptors (Lipinski definition) is 8. The normalized spacial score (nSPS) is 21.9. The monoisotopic (exact) mass is 373 g/mol. The van der Waals surface area contributed by atoms with Crippen LogP contribution in [-0.4, -0.2) is 43.9 Å². The first-order valence-corrected chi connectivity index (χ1v) is 9.91. The number of aryl methyl sites for hydroxylation is 2. The van der Waals surface area contributed by atoms with Gasteiger partial charge in [-0.1, -0.05) is 5.16 Å². The summed E-state index contributed by atoms with van der Waals surface area (Å²) in [5.41, 5.74) is 2.89. The topological polar surface area (TPSA) is 104 Å². The third-order valence-electron chi connectivity index (χ3n) is 3.78. The first-order valence-electron chi connectivity index (χ1n) is 7.49. The van der Waals surface area contributed by atoms with Crippen LogP contribution in [0.3, 0.4) is 0 Å². The number of aromatic nitrogens is 2. The van der Waals surface area contributed by atoms with Gasteiger partial charge in [0.15, 0.2) is 5.76 Å². The molecule has 1 aliphatic heterocycles. The second kappa shape index (κ2) is 7.28. The molecule has 0 aliphatic carbocycles. The fraction of sp³-hybridized carbons (Fsp3) is 0.571. The van der Waals surface area contributed by atoms with Crippen LogP contribution >= 0.6 is 11.3 Å². The molecule has 10 heteroatoms. The van der Waals surface area contributed by atoms with Gasteiger partial charge in [0, 0.05) is 12.0 Å². The Balaban J connectivity index is 1.71. The Kier molecular flexibility index (Phi) is 5.30. The second-order valence-electron chi connectivity index (χ2n) is 5.57. The standard InChI is InChI=1S/C14H19N3O5S2/c1-9-14(10(2)22-16-9)24(18,19)17-12-3-4-20-6-13(12)21-5-11-7-23-8-15-11/h7-8,12-13,17H,3-6H2,1-2H3/t12-,13-/m1/s1. The van der Waals surface area contributed by atoms with Crippen molar-refractivity contribution in [2.24, 2.45) is 0 Å². The molecule has 132 valence electrons. The van der Waals surface area contributed by atoms with Crippen LogP contribution in [0.1, 0.15) is 23.6 Å². The number of rotatable bonds is 6. The number of nitrogens with one attached hydrogen (secondary N) is 1. The molecule has 0 spiro atoms. The van der Waals surface area contributed by atoms with Crippen LogP contribution < -0.4 is 4.72 Å². The third kappa shape index (κ3) is 3.83. The highest BCUT2D eigenvalue weighted by molar-refractivity contribution is 7.89. The zero-order valence-corrected chi connectivity index (χ0v) is 15.0. The van der Waals surface area contributed by atoms with Gasteiger partial charge in [-0.05, 0) is 20.3 Å². The highest BCUT2D eigenvalue weighted by Crippen LogP contribution is 2.22. The van der Waals surface area contributed by atoms with Crippen molar-refractivity contribution in [2.45, 2.75) is 43.9 Å². The molecule has 0 aromatic carbocycles. The summed E-state index contributed by atoms with van der Waals surface area (Å²) in [5, 5.41) is 5.60. The molecule has 1 N–H and O–H groups in total. The third-order valence-corrected chi connectivity index (χ3v) is 6.14. The lowest BCUT2D eigenvalue weighted by molar-refractivity contribution is -0.0718. The van der Waals surface area contributed by atoms with Gasteiger partial charge in [0.2, 0.25) is 10.0 Å². The van der Waals surface area contributed by atoms with Gasteiger partial charge in [-0.15, -0.1) is 11.3 Å². The number of ether oxygens (including phenoxy) is 2. The minimum Gasteiger partial charge on any atom is -0.379 e. The summed E-state index contributed by atoms with van der Waals surface area (Å²) in [6.07, 6.45) is 0.153. The zero-order valence-electron chi connectivity index (χ0n) is 13.4. The van der Waals surface area contributed by atoms with Crippen LogP contribution in [0.25, 0.3) is 0 Å². The largest absolute Gasteiger partial charge is 0.379 e. The van der Waals surface area contributed by atoms with E-state index in [1.165, 1.54) is 11.3 Å². The van der Waals surface area contributed by atoms with Gasteiger partial charge in [0.05, 0.1) is 36.6 Å². The van der Waals surface area contributed by atoms with Crippen LogP contribution in [0.5, 0.6) is 0 Å². The Morgan fingerprint density at radius 1 is 1.46 bits per heavy atom. The molecule has 1 fully saturated rings. The minimum absolute atomic E-state index is 0.0900. The Hall–Kier alpha value is -1.33. The van der Waals surface area contributed by atoms with Crippen molar-refractivity contribution < 1.29 is 22.4 Å². The van der Waals surface area contributed by atoms with Gasteiger partial charge in [0.25, 0.3) is 0 Å². The summed E-state index contributed by atoms with van der Waals surface area (Å²) in [6.45, 7) is 4.31. The van der Waals surface area contributed by atoms with Crippen LogP contribution in [0.15, 0.2) is 20.3 Å². The minimum atomic E-state index is -3.74. The van der Waals surface area contributed by atoms with Gasteiger partial charge in [-0.2, -0.15) is 0 Å². The number of hydrogen-bond donors (Lipinski definition) is 1. The highest BCUT2D eigenvalue weighted by atomic mass is 32.2. The average Bonchev–Trinajstić information content (AvgIpc) is 3.16. The van der Waals surface area contributed by atoms with Crippen molar-refractivity contribution in [1.82, 2.24) is 14.9 Å². The maximum atomic E-state index is 12.7. The smallest absolute Gasteiger partial charge is 0.246 e. The zero-order chi connectivity index (χ0) is 17.2. The Morgan fingerprint density at radius 2 is 2.29 bits per heavy atom. The van der Waals surface area contributed by atoms with E-state index >= 15 is 0 Å². The summed E-state index contributed by atoms with van der Waals surface area (Å²) in [6, 6.07) is -0.379. The number of thiazole rings is 1. The van der Waals surface area contributed by atoms with E-state index in [1.54, 1.807) is 19.4 Å². The molecule has 2 atom stereocenters. The van der Waals surface area contributed by atoms with Crippen molar-refractivity contribution in [1.29, 1.82) is 0 Å². The van der Waals surface area contributed by atoms with E-state index in [1.807, 2.05) is 5.38 Å². The van der Waals surface area contributed by atoms with Crippen molar-refractivity contribution in [3.05, 3.63) is 28.0 Å². The molecule has 3 rings (SSSR count). The molecule has 0 radical (unpaired) electrons. The molecule has 8 nitrogen and oxygen atoms in total. The highest BCUT2D eigenvalue weighted by Gasteiger charge is 2.33. The molecular weight excluding hydrogens is 354 g/mol. The lowest BCUT2D eigenvalue weighted by atomic mass is 10.1. The molecule has 3 heterocycles. The van der Waals surface area contributed by atoms with Gasteiger partial charge < -0.3 is 14.0 Å². The Labute approximate surface area is 144 Å². The SMILES string of the molecule is Cc1noc(C)c1S(=O)(=O)N[C@@H]1CCOC[C@H]1OCc1cscn1. The first kappa shape index (κ1) is 17.5. The quantitative estimate of drug-likeness (QED) is 0.816. The van der Waals surface area contributed by atoms with Crippen LogP contribution in [-0.2, 0) is 26.1 Å². The van der Waals surface area contributed by atoms with E-state index in [4.69, 9.17) is 14.0 Å². The molecule has 2 aromatic rings. The fourth-order valence-electron chi connectivity index (χ4n) is 2.63. The van der Waals surface area contributed by atoms with Gasteiger partial charge in [-0.25, -0.2) is 18.1 Å². The lowest BCUT2D eigenvalue weighted by Gasteiger charge is -2.31. The molecular formula is C14H19N3O5S2. The van der Waals surface area contributed by atoms with E-state index < -0.39 is 10.0 Å². The van der Waals surface area contributed by atoms with Crippen LogP contribution in [0.4, 0.5) is 0 Å². The van der Waals surface area contributed by atoms with E-state index in [9.17, 15) is 8.42 Å². The molecule has 0 amide bonds. The summed E-state index contributed by atoms with van der Waals surface area (Å²) in [5.74, 6) is 0.270. The predicted octanol–water partition coefficient (Wildman–Crippen LogP) is 1.40. The molecule has 0 bridgehead atoms. The average molecular weight is 373 g/mol. The number of nitrogens with zero attached hydrogens (tertiary/aromatic N) is 2. The summed E-state index contributed by atoms with van der Waals surface area (Å²) >= 11 is 1.49. The molecule has 1 saturated heterocycles. The van der Waals surface area contributed by atoms with Crippen molar-refractivity contribution >= 4 is 21.4 Å². The maximum Gasteiger partial charge on any atom is 0.246 e. The molecule has 1 aliphatic rings. The second-order valence-corrected chi connectivity index (χ2v) is 7.94. The van der Waals surface area contributed by atoms with Crippen LogP contribution in [0, 0.1) is 13.8 Å². The summed E-state index contributed by atoms with van der Waals surface area (Å²) < 4.78 is 44.2. The predicted molar refractivity (Wildman–Crippen MR) is 86.2 cm³/mol. The Bertz CT molecular complexity index is 753. The lowest BCUT2D eigenvalue weighted by Crippen LogP contribution is -2.49.